The van der Waals surface area contributed by atoms with Crippen LogP contribution >= 0.6 is 23.1 Å². The molecule has 3 aromatic rings. The Morgan fingerprint density at radius 3 is 2.56 bits per heavy atom. The number of anilines is 1. The zero-order valence-electron chi connectivity index (χ0n) is 13.9. The first-order valence-corrected chi connectivity index (χ1v) is 9.85. The molecule has 1 N–H and O–H groups in total. The molecule has 1 heterocycles. The number of benzene rings is 2. The van der Waals surface area contributed by atoms with Crippen molar-refractivity contribution >= 4 is 34.1 Å². The van der Waals surface area contributed by atoms with E-state index in [0.717, 1.165) is 22.1 Å². The average Bonchev–Trinajstić information content (AvgIpc) is 3.08. The molecule has 0 spiro atoms. The number of amides is 1. The van der Waals surface area contributed by atoms with Crippen LogP contribution in [0.4, 0.5) is 5.13 Å². The van der Waals surface area contributed by atoms with Crippen LogP contribution in [0, 0.1) is 6.92 Å². The van der Waals surface area contributed by atoms with Gasteiger partial charge in [-0.2, -0.15) is 0 Å². The van der Waals surface area contributed by atoms with Crippen LogP contribution in [-0.4, -0.2) is 16.1 Å². The zero-order chi connectivity index (χ0) is 17.5. The fourth-order valence-corrected chi connectivity index (χ4v) is 3.96. The summed E-state index contributed by atoms with van der Waals surface area (Å²) >= 11 is 3.04. The highest BCUT2D eigenvalue weighted by molar-refractivity contribution is 8.00. The van der Waals surface area contributed by atoms with Crippen LogP contribution in [0.25, 0.3) is 0 Å². The lowest BCUT2D eigenvalue weighted by Gasteiger charge is -2.02. The quantitative estimate of drug-likeness (QED) is 0.484. The molecular weight excluding hydrogens is 350 g/mol. The maximum Gasteiger partial charge on any atom is 0.226 e. The van der Waals surface area contributed by atoms with Gasteiger partial charge in [0.1, 0.15) is 0 Å². The Kier molecular flexibility index (Phi) is 6.19. The van der Waals surface area contributed by atoms with E-state index in [0.29, 0.717) is 11.6 Å². The van der Waals surface area contributed by atoms with Gasteiger partial charge in [-0.25, -0.2) is 0 Å². The van der Waals surface area contributed by atoms with Crippen LogP contribution in [0.2, 0.25) is 0 Å². The molecule has 0 atom stereocenters. The zero-order valence-corrected chi connectivity index (χ0v) is 15.6. The fourth-order valence-electron chi connectivity index (χ4n) is 2.23. The van der Waals surface area contributed by atoms with E-state index in [1.54, 1.807) is 11.8 Å². The average molecular weight is 370 g/mol. The molecule has 0 saturated carbocycles. The van der Waals surface area contributed by atoms with E-state index in [4.69, 9.17) is 0 Å². The van der Waals surface area contributed by atoms with Crippen molar-refractivity contribution in [2.24, 2.45) is 0 Å². The molecule has 0 unspecified atom stereocenters. The highest BCUT2D eigenvalue weighted by Gasteiger charge is 2.09. The number of aryl methyl sites for hydroxylation is 2. The topological polar surface area (TPSA) is 54.9 Å². The van der Waals surface area contributed by atoms with Gasteiger partial charge in [-0.15, -0.1) is 10.2 Å². The lowest BCUT2D eigenvalue weighted by Crippen LogP contribution is -2.12. The van der Waals surface area contributed by atoms with Gasteiger partial charge in [-0.05, 0) is 24.5 Å². The van der Waals surface area contributed by atoms with Crippen LogP contribution < -0.4 is 5.32 Å². The summed E-state index contributed by atoms with van der Waals surface area (Å²) in [7, 11) is 0. The minimum absolute atomic E-state index is 0.0312. The smallest absolute Gasteiger partial charge is 0.226 e. The number of carbonyl (C=O) groups excluding carboxylic acids is 1. The SMILES string of the molecule is Cc1ccc(CCC(=O)Nc2nnc(SCc3ccccc3)s2)cc1. The molecule has 1 amide bonds. The largest absolute Gasteiger partial charge is 0.300 e. The summed E-state index contributed by atoms with van der Waals surface area (Å²) in [5.74, 6) is 0.813. The minimum Gasteiger partial charge on any atom is -0.300 e. The van der Waals surface area contributed by atoms with Gasteiger partial charge in [0.05, 0.1) is 0 Å². The predicted octanol–water partition coefficient (Wildman–Crippen LogP) is 4.71. The van der Waals surface area contributed by atoms with E-state index in [9.17, 15) is 4.79 Å². The summed E-state index contributed by atoms with van der Waals surface area (Å²) in [6, 6.07) is 18.5. The Hall–Kier alpha value is -2.18. The van der Waals surface area contributed by atoms with Gasteiger partial charge < -0.3 is 5.32 Å². The highest BCUT2D eigenvalue weighted by atomic mass is 32.2. The third kappa shape index (κ3) is 5.69. The first-order valence-electron chi connectivity index (χ1n) is 8.05. The van der Waals surface area contributed by atoms with Gasteiger partial charge >= 0.3 is 0 Å². The van der Waals surface area contributed by atoms with E-state index >= 15 is 0 Å². The molecule has 0 aliphatic heterocycles. The fraction of sp³-hybridized carbons (Fsp3) is 0.211. The first-order chi connectivity index (χ1) is 12.2. The van der Waals surface area contributed by atoms with E-state index in [-0.39, 0.29) is 5.91 Å². The normalized spacial score (nSPS) is 10.6. The molecule has 25 heavy (non-hydrogen) atoms. The molecule has 3 rings (SSSR count). The Bertz CT molecular complexity index is 816. The van der Waals surface area contributed by atoms with Crippen molar-refractivity contribution < 1.29 is 4.79 Å². The Morgan fingerprint density at radius 2 is 1.80 bits per heavy atom. The molecule has 2 aromatic carbocycles. The molecule has 128 valence electrons. The van der Waals surface area contributed by atoms with Gasteiger partial charge in [0.15, 0.2) is 4.34 Å². The molecule has 4 nitrogen and oxygen atoms in total. The van der Waals surface area contributed by atoms with Gasteiger partial charge in [0.25, 0.3) is 0 Å². The van der Waals surface area contributed by atoms with Gasteiger partial charge in [-0.1, -0.05) is 83.3 Å². The van der Waals surface area contributed by atoms with Gasteiger partial charge in [0.2, 0.25) is 11.0 Å². The van der Waals surface area contributed by atoms with E-state index in [2.05, 4.69) is 58.8 Å². The van der Waals surface area contributed by atoms with Gasteiger partial charge in [-0.3, -0.25) is 4.79 Å². The second-order valence-corrected chi connectivity index (χ2v) is 7.88. The van der Waals surface area contributed by atoms with Crippen LogP contribution in [0.15, 0.2) is 58.9 Å². The Balaban J connectivity index is 1.45. The number of aromatic nitrogens is 2. The molecule has 0 aliphatic carbocycles. The molecule has 0 bridgehead atoms. The Labute approximate surface area is 155 Å². The first kappa shape index (κ1) is 17.6. The summed E-state index contributed by atoms with van der Waals surface area (Å²) in [5, 5.41) is 11.6. The molecule has 0 aliphatic rings. The third-order valence-electron chi connectivity index (χ3n) is 3.62. The number of nitrogens with one attached hydrogen (secondary N) is 1. The molecule has 1 aromatic heterocycles. The van der Waals surface area contributed by atoms with Crippen molar-refractivity contribution in [2.45, 2.75) is 29.9 Å². The standard InChI is InChI=1S/C19H19N3OS2/c1-14-7-9-15(10-8-14)11-12-17(23)20-18-21-22-19(25-18)24-13-16-5-3-2-4-6-16/h2-10H,11-13H2,1H3,(H,20,21,23). The maximum atomic E-state index is 12.1. The van der Waals surface area contributed by atoms with Crippen LogP contribution in [0.5, 0.6) is 0 Å². The van der Waals surface area contributed by atoms with Crippen LogP contribution in [0.3, 0.4) is 0 Å². The van der Waals surface area contributed by atoms with Crippen molar-refractivity contribution in [3.05, 3.63) is 71.3 Å². The monoisotopic (exact) mass is 369 g/mol. The van der Waals surface area contributed by atoms with Crippen molar-refractivity contribution in [2.75, 3.05) is 5.32 Å². The molecule has 0 fully saturated rings. The Morgan fingerprint density at radius 1 is 1.04 bits per heavy atom. The third-order valence-corrected chi connectivity index (χ3v) is 5.66. The van der Waals surface area contributed by atoms with E-state index in [1.807, 2.05) is 18.2 Å². The molecule has 0 saturated heterocycles. The van der Waals surface area contributed by atoms with Gasteiger partial charge in [0, 0.05) is 12.2 Å². The lowest BCUT2D eigenvalue weighted by molar-refractivity contribution is -0.116. The maximum absolute atomic E-state index is 12.1. The molecule has 0 radical (unpaired) electrons. The summed E-state index contributed by atoms with van der Waals surface area (Å²) < 4.78 is 0.859. The minimum atomic E-state index is -0.0312. The van der Waals surface area contributed by atoms with Crippen LogP contribution in [0.1, 0.15) is 23.1 Å². The van der Waals surface area contributed by atoms with E-state index in [1.165, 1.54) is 22.5 Å². The summed E-state index contributed by atoms with van der Waals surface area (Å²) in [4.78, 5) is 12.1. The summed E-state index contributed by atoms with van der Waals surface area (Å²) in [6.45, 7) is 2.05. The number of hydrogen-bond acceptors (Lipinski definition) is 5. The number of rotatable bonds is 7. The highest BCUT2D eigenvalue weighted by Crippen LogP contribution is 2.28. The van der Waals surface area contributed by atoms with Crippen molar-refractivity contribution in [1.82, 2.24) is 10.2 Å². The summed E-state index contributed by atoms with van der Waals surface area (Å²) in [5.41, 5.74) is 3.63. The molecule has 6 heteroatoms. The summed E-state index contributed by atoms with van der Waals surface area (Å²) in [6.07, 6.45) is 1.16. The molecular formula is C19H19N3OS2. The number of carbonyl (C=O) groups is 1. The van der Waals surface area contributed by atoms with Crippen molar-refractivity contribution in [3.63, 3.8) is 0 Å². The lowest BCUT2D eigenvalue weighted by atomic mass is 10.1. The van der Waals surface area contributed by atoms with Crippen molar-refractivity contribution in [3.8, 4) is 0 Å². The number of hydrogen-bond donors (Lipinski definition) is 1. The van der Waals surface area contributed by atoms with Crippen molar-refractivity contribution in [1.29, 1.82) is 0 Å². The number of thioether (sulfide) groups is 1. The van der Waals surface area contributed by atoms with E-state index < -0.39 is 0 Å². The number of nitrogens with zero attached hydrogens (tertiary/aromatic N) is 2. The second-order valence-electron chi connectivity index (χ2n) is 5.68. The second kappa shape index (κ2) is 8.78. The predicted molar refractivity (Wildman–Crippen MR) is 104 cm³/mol. The van der Waals surface area contributed by atoms with Crippen LogP contribution in [-0.2, 0) is 17.0 Å².